The summed E-state index contributed by atoms with van der Waals surface area (Å²) in [5.41, 5.74) is 5.63. The van der Waals surface area contributed by atoms with Gasteiger partial charge in [0, 0.05) is 35.7 Å². The molecule has 0 fully saturated rings. The summed E-state index contributed by atoms with van der Waals surface area (Å²) in [6, 6.07) is 18.0. The van der Waals surface area contributed by atoms with Gasteiger partial charge in [-0.3, -0.25) is 4.79 Å². The van der Waals surface area contributed by atoms with Gasteiger partial charge < -0.3 is 14.8 Å². The third-order valence-electron chi connectivity index (χ3n) is 6.34. The maximum Gasteiger partial charge on any atom is 0.252 e. The molecule has 0 saturated heterocycles. The second-order valence-electron chi connectivity index (χ2n) is 9.01. The van der Waals surface area contributed by atoms with E-state index in [0.29, 0.717) is 36.3 Å². The van der Waals surface area contributed by atoms with Crippen LogP contribution < -0.4 is 14.8 Å². The number of aryl methyl sites for hydroxylation is 3. The number of methoxy groups -OCH3 is 1. The number of nitrogens with zero attached hydrogens (tertiary/aromatic N) is 4. The monoisotopic (exact) mass is 483 g/mol. The van der Waals surface area contributed by atoms with Crippen molar-refractivity contribution in [2.24, 2.45) is 0 Å². The van der Waals surface area contributed by atoms with Gasteiger partial charge in [0.25, 0.3) is 5.95 Å². The molecule has 2 aromatic heterocycles. The number of hydrogen-bond donors (Lipinski definition) is 1. The number of ether oxygens (including phenoxy) is 2. The highest BCUT2D eigenvalue weighted by molar-refractivity contribution is 5.95. The summed E-state index contributed by atoms with van der Waals surface area (Å²) in [4.78, 5) is 21.9. The van der Waals surface area contributed by atoms with Crippen molar-refractivity contribution in [3.63, 3.8) is 0 Å². The van der Waals surface area contributed by atoms with Gasteiger partial charge >= 0.3 is 0 Å². The van der Waals surface area contributed by atoms with Crippen molar-refractivity contribution in [3.8, 4) is 17.4 Å². The molecule has 36 heavy (non-hydrogen) atoms. The van der Waals surface area contributed by atoms with Crippen LogP contribution in [0, 0.1) is 20.8 Å². The number of amides is 1. The maximum atomic E-state index is 12.8. The molecule has 5 rings (SSSR count). The number of anilines is 1. The zero-order valence-electron chi connectivity index (χ0n) is 20.9. The van der Waals surface area contributed by atoms with Gasteiger partial charge in [0.1, 0.15) is 5.82 Å². The van der Waals surface area contributed by atoms with Crippen molar-refractivity contribution in [3.05, 3.63) is 88.4 Å². The summed E-state index contributed by atoms with van der Waals surface area (Å²) in [5, 5.41) is 7.70. The Morgan fingerprint density at radius 1 is 1.00 bits per heavy atom. The molecule has 0 aliphatic carbocycles. The number of fused-ring (bicyclic) bond motifs is 1. The van der Waals surface area contributed by atoms with Gasteiger partial charge in [-0.05, 0) is 50.1 Å². The maximum absolute atomic E-state index is 12.8. The van der Waals surface area contributed by atoms with Crippen LogP contribution >= 0.6 is 0 Å². The first-order valence-electron chi connectivity index (χ1n) is 12.0. The normalized spacial score (nSPS) is 14.8. The van der Waals surface area contributed by atoms with E-state index < -0.39 is 0 Å². The first kappa shape index (κ1) is 23.5. The molecule has 1 amide bonds. The molecule has 8 nitrogen and oxygen atoms in total. The topological polar surface area (TPSA) is 91.2 Å². The zero-order valence-corrected chi connectivity index (χ0v) is 20.9. The second-order valence-corrected chi connectivity index (χ2v) is 9.01. The number of hydrogen-bond acceptors (Lipinski definition) is 6. The lowest BCUT2D eigenvalue weighted by Crippen LogP contribution is -2.25. The van der Waals surface area contributed by atoms with Crippen LogP contribution in [0.5, 0.6) is 11.5 Å². The van der Waals surface area contributed by atoms with Crippen LogP contribution in [-0.4, -0.2) is 39.4 Å². The Hall–Kier alpha value is -4.20. The molecule has 0 saturated carbocycles. The minimum absolute atomic E-state index is 0.0832. The SMILES string of the molecule is COc1cc([C@H]2CC(=O)Nc3c2c(C)nn3-c2nc(C)cc(C)n2)ccc1OCCc1ccccc1. The van der Waals surface area contributed by atoms with Crippen molar-refractivity contribution in [1.29, 1.82) is 0 Å². The van der Waals surface area contributed by atoms with E-state index in [2.05, 4.69) is 27.4 Å². The molecular weight excluding hydrogens is 454 g/mol. The Kier molecular flexibility index (Phi) is 6.41. The fourth-order valence-corrected chi connectivity index (χ4v) is 4.72. The van der Waals surface area contributed by atoms with Crippen LogP contribution in [-0.2, 0) is 11.2 Å². The van der Waals surface area contributed by atoms with Gasteiger partial charge in [-0.2, -0.15) is 9.78 Å². The van der Waals surface area contributed by atoms with Crippen molar-refractivity contribution in [2.45, 2.75) is 39.5 Å². The van der Waals surface area contributed by atoms with E-state index in [1.807, 2.05) is 63.2 Å². The number of carbonyl (C=O) groups is 1. The quantitative estimate of drug-likeness (QED) is 0.410. The predicted molar refractivity (Wildman–Crippen MR) is 137 cm³/mol. The highest BCUT2D eigenvalue weighted by Gasteiger charge is 2.33. The molecule has 1 aliphatic rings. The Morgan fingerprint density at radius 2 is 1.75 bits per heavy atom. The molecule has 0 bridgehead atoms. The molecule has 1 aliphatic heterocycles. The summed E-state index contributed by atoms with van der Waals surface area (Å²) < 4.78 is 13.3. The van der Waals surface area contributed by atoms with E-state index in [-0.39, 0.29) is 11.8 Å². The van der Waals surface area contributed by atoms with E-state index >= 15 is 0 Å². The summed E-state index contributed by atoms with van der Waals surface area (Å²) in [6.45, 7) is 6.31. The van der Waals surface area contributed by atoms with Gasteiger partial charge in [0.05, 0.1) is 19.4 Å². The van der Waals surface area contributed by atoms with E-state index in [1.54, 1.807) is 11.8 Å². The number of rotatable bonds is 7. The second kappa shape index (κ2) is 9.81. The largest absolute Gasteiger partial charge is 0.493 e. The Labute approximate surface area is 210 Å². The first-order valence-corrected chi connectivity index (χ1v) is 12.0. The molecule has 2 aromatic carbocycles. The van der Waals surface area contributed by atoms with Crippen molar-refractivity contribution < 1.29 is 14.3 Å². The lowest BCUT2D eigenvalue weighted by atomic mass is 9.85. The molecule has 184 valence electrons. The number of aromatic nitrogens is 4. The summed E-state index contributed by atoms with van der Waals surface area (Å²) in [6.07, 6.45) is 1.11. The van der Waals surface area contributed by atoms with E-state index in [4.69, 9.17) is 14.6 Å². The number of benzene rings is 2. The smallest absolute Gasteiger partial charge is 0.252 e. The third-order valence-corrected chi connectivity index (χ3v) is 6.34. The van der Waals surface area contributed by atoms with E-state index in [1.165, 1.54) is 5.56 Å². The molecule has 8 heteroatoms. The van der Waals surface area contributed by atoms with E-state index in [9.17, 15) is 4.79 Å². The standard InChI is InChI=1S/C28H29N5O3/c1-17-14-18(2)30-28(29-17)33-27-26(19(3)32-33)22(16-25(34)31-27)21-10-11-23(24(15-21)35-4)36-13-12-20-8-6-5-7-9-20/h5-11,14-15,22H,12-13,16H2,1-4H3,(H,31,34)/t22-/m1/s1. The lowest BCUT2D eigenvalue weighted by molar-refractivity contribution is -0.116. The van der Waals surface area contributed by atoms with Crippen molar-refractivity contribution in [1.82, 2.24) is 19.7 Å². The minimum atomic E-state index is -0.180. The molecule has 1 N–H and O–H groups in total. The van der Waals surface area contributed by atoms with Gasteiger partial charge in [-0.1, -0.05) is 36.4 Å². The summed E-state index contributed by atoms with van der Waals surface area (Å²) in [5.74, 6) is 2.10. The third kappa shape index (κ3) is 4.66. The molecule has 0 spiro atoms. The number of nitrogens with one attached hydrogen (secondary N) is 1. The highest BCUT2D eigenvalue weighted by atomic mass is 16.5. The number of carbonyl (C=O) groups excluding carboxylic acids is 1. The molecule has 0 radical (unpaired) electrons. The van der Waals surface area contributed by atoms with Gasteiger partial charge in [-0.15, -0.1) is 0 Å². The first-order chi connectivity index (χ1) is 17.4. The average Bonchev–Trinajstić information content (AvgIpc) is 3.20. The average molecular weight is 484 g/mol. The van der Waals surface area contributed by atoms with Gasteiger partial charge in [0.15, 0.2) is 11.5 Å². The molecule has 4 aromatic rings. The zero-order chi connectivity index (χ0) is 25.2. The Morgan fingerprint density at radius 3 is 2.47 bits per heavy atom. The lowest BCUT2D eigenvalue weighted by Gasteiger charge is -2.25. The van der Waals surface area contributed by atoms with Crippen LogP contribution in [0.1, 0.15) is 46.1 Å². The van der Waals surface area contributed by atoms with Crippen molar-refractivity contribution in [2.75, 3.05) is 19.0 Å². The summed E-state index contributed by atoms with van der Waals surface area (Å²) in [7, 11) is 1.63. The fraction of sp³-hybridized carbons (Fsp3) is 0.286. The van der Waals surface area contributed by atoms with Crippen LogP contribution in [0.15, 0.2) is 54.6 Å². The molecule has 1 atom stereocenters. The van der Waals surface area contributed by atoms with Gasteiger partial charge in [0.2, 0.25) is 5.91 Å². The summed E-state index contributed by atoms with van der Waals surface area (Å²) >= 11 is 0. The van der Waals surface area contributed by atoms with Crippen LogP contribution in [0.4, 0.5) is 5.82 Å². The van der Waals surface area contributed by atoms with Crippen molar-refractivity contribution >= 4 is 11.7 Å². The fourth-order valence-electron chi connectivity index (χ4n) is 4.72. The molecule has 0 unspecified atom stereocenters. The Bertz CT molecular complexity index is 1390. The predicted octanol–water partition coefficient (Wildman–Crippen LogP) is 4.69. The van der Waals surface area contributed by atoms with Crippen LogP contribution in [0.2, 0.25) is 0 Å². The van der Waals surface area contributed by atoms with Crippen LogP contribution in [0.3, 0.4) is 0 Å². The Balaban J connectivity index is 1.45. The molecular formula is C28H29N5O3. The van der Waals surface area contributed by atoms with Gasteiger partial charge in [-0.25, -0.2) is 9.97 Å². The minimum Gasteiger partial charge on any atom is -0.493 e. The highest BCUT2D eigenvalue weighted by Crippen LogP contribution is 2.42. The molecule has 3 heterocycles. The van der Waals surface area contributed by atoms with E-state index in [0.717, 1.165) is 34.6 Å². The van der Waals surface area contributed by atoms with Crippen LogP contribution in [0.25, 0.3) is 5.95 Å².